The molecule has 0 saturated carbocycles. The number of aryl methyl sites for hydroxylation is 2. The van der Waals surface area contributed by atoms with Gasteiger partial charge in [0.05, 0.1) is 11.9 Å². The summed E-state index contributed by atoms with van der Waals surface area (Å²) < 4.78 is 28.0. The summed E-state index contributed by atoms with van der Waals surface area (Å²) in [5.74, 6) is -1.33. The zero-order valence-corrected chi connectivity index (χ0v) is 17.9. The highest BCUT2D eigenvalue weighted by Gasteiger charge is 2.26. The molecule has 5 rings (SSSR count). The van der Waals surface area contributed by atoms with Crippen molar-refractivity contribution >= 4 is 44.7 Å². The standard InChI is InChI=1S/C24H17ClF2N2OS/c25-17-6-2-1-4-15(17)20-18(12-28-24-21(20)16-5-3-7-19(16)31-24)29-23(30)22(27)13-8-10-14(26)11-9-13/h1-2,4,6,8-12,22H,3,5,7H2,(H,29,30). The van der Waals surface area contributed by atoms with Crippen molar-refractivity contribution in [3.63, 3.8) is 0 Å². The van der Waals surface area contributed by atoms with Crippen molar-refractivity contribution in [2.75, 3.05) is 5.32 Å². The minimum absolute atomic E-state index is 0.0867. The van der Waals surface area contributed by atoms with Crippen LogP contribution >= 0.6 is 22.9 Å². The largest absolute Gasteiger partial charge is 0.321 e. The smallest absolute Gasteiger partial charge is 0.263 e. The van der Waals surface area contributed by atoms with Gasteiger partial charge in [-0.3, -0.25) is 4.79 Å². The molecule has 0 bridgehead atoms. The second-order valence-corrected chi connectivity index (χ2v) is 8.96. The van der Waals surface area contributed by atoms with Crippen molar-refractivity contribution in [2.24, 2.45) is 0 Å². The van der Waals surface area contributed by atoms with Crippen LogP contribution in [-0.4, -0.2) is 10.9 Å². The van der Waals surface area contributed by atoms with Crippen molar-refractivity contribution in [1.82, 2.24) is 4.98 Å². The molecule has 0 aliphatic heterocycles. The SMILES string of the molecule is O=C(Nc1cnc2sc3c(c2c1-c1ccccc1Cl)CCC3)C(F)c1ccc(F)cc1. The van der Waals surface area contributed by atoms with E-state index in [1.54, 1.807) is 23.6 Å². The molecule has 1 aliphatic carbocycles. The number of rotatable bonds is 4. The van der Waals surface area contributed by atoms with Gasteiger partial charge >= 0.3 is 0 Å². The van der Waals surface area contributed by atoms with Gasteiger partial charge in [-0.25, -0.2) is 13.8 Å². The topological polar surface area (TPSA) is 42.0 Å². The maximum atomic E-state index is 14.9. The predicted octanol–water partition coefficient (Wildman–Crippen LogP) is 6.89. The minimum Gasteiger partial charge on any atom is -0.321 e. The van der Waals surface area contributed by atoms with Gasteiger partial charge in [0.1, 0.15) is 10.6 Å². The third-order valence-corrected chi connectivity index (χ3v) is 7.06. The molecule has 1 N–H and O–H groups in total. The van der Waals surface area contributed by atoms with Crippen LogP contribution in [0.5, 0.6) is 0 Å². The predicted molar refractivity (Wildman–Crippen MR) is 121 cm³/mol. The molecule has 1 atom stereocenters. The van der Waals surface area contributed by atoms with Gasteiger partial charge in [-0.15, -0.1) is 11.3 Å². The minimum atomic E-state index is -1.94. The molecule has 1 aliphatic rings. The Labute approximate surface area is 186 Å². The van der Waals surface area contributed by atoms with Crippen LogP contribution in [0.1, 0.15) is 28.6 Å². The first kappa shape index (κ1) is 20.1. The molecule has 2 aromatic carbocycles. The van der Waals surface area contributed by atoms with E-state index >= 15 is 0 Å². The Morgan fingerprint density at radius 2 is 1.90 bits per heavy atom. The second kappa shape index (κ2) is 8.02. The molecule has 2 aromatic heterocycles. The summed E-state index contributed by atoms with van der Waals surface area (Å²) in [6, 6.07) is 12.2. The molecule has 156 valence electrons. The van der Waals surface area contributed by atoms with E-state index < -0.39 is 17.9 Å². The highest BCUT2D eigenvalue weighted by atomic mass is 35.5. The number of nitrogens with one attached hydrogen (secondary N) is 1. The Hall–Kier alpha value is -2.83. The van der Waals surface area contributed by atoms with Gasteiger partial charge in [0, 0.05) is 26.4 Å². The highest BCUT2D eigenvalue weighted by Crippen LogP contribution is 2.46. The Balaban J connectivity index is 1.62. The van der Waals surface area contributed by atoms with Crippen LogP contribution < -0.4 is 5.32 Å². The lowest BCUT2D eigenvalue weighted by molar-refractivity contribution is -0.121. The molecule has 4 aromatic rings. The van der Waals surface area contributed by atoms with Crippen LogP contribution in [0.4, 0.5) is 14.5 Å². The van der Waals surface area contributed by atoms with E-state index in [-0.39, 0.29) is 5.56 Å². The molecule has 1 unspecified atom stereocenters. The summed E-state index contributed by atoms with van der Waals surface area (Å²) in [4.78, 5) is 19.5. The number of halogens is 3. The number of aromatic nitrogens is 1. The lowest BCUT2D eigenvalue weighted by Gasteiger charge is -2.16. The Bertz CT molecular complexity index is 1300. The fourth-order valence-corrected chi connectivity index (χ4v) is 5.55. The monoisotopic (exact) mass is 454 g/mol. The van der Waals surface area contributed by atoms with E-state index in [1.165, 1.54) is 22.6 Å². The Morgan fingerprint density at radius 3 is 2.68 bits per heavy atom. The molecule has 3 nitrogen and oxygen atoms in total. The fraction of sp³-hybridized carbons (Fsp3) is 0.167. The third kappa shape index (κ3) is 3.60. The first-order chi connectivity index (χ1) is 15.0. The second-order valence-electron chi connectivity index (χ2n) is 7.47. The van der Waals surface area contributed by atoms with Gasteiger partial charge in [-0.05, 0) is 48.6 Å². The maximum absolute atomic E-state index is 14.9. The lowest BCUT2D eigenvalue weighted by Crippen LogP contribution is -2.18. The molecule has 0 spiro atoms. The number of alkyl halides is 1. The molecule has 31 heavy (non-hydrogen) atoms. The van der Waals surface area contributed by atoms with E-state index in [9.17, 15) is 13.6 Å². The number of carbonyl (C=O) groups is 1. The summed E-state index contributed by atoms with van der Waals surface area (Å²) >= 11 is 8.18. The Kier molecular flexibility index (Phi) is 5.20. The number of hydrogen-bond donors (Lipinski definition) is 1. The van der Waals surface area contributed by atoms with Crippen LogP contribution in [0.25, 0.3) is 21.3 Å². The van der Waals surface area contributed by atoms with E-state index in [0.29, 0.717) is 10.7 Å². The van der Waals surface area contributed by atoms with Gasteiger partial charge in [-0.2, -0.15) is 0 Å². The van der Waals surface area contributed by atoms with Crippen LogP contribution in [0.2, 0.25) is 5.02 Å². The number of thiophene rings is 1. The first-order valence-corrected chi connectivity index (χ1v) is 11.1. The van der Waals surface area contributed by atoms with Crippen molar-refractivity contribution in [1.29, 1.82) is 0 Å². The summed E-state index contributed by atoms with van der Waals surface area (Å²) in [6.45, 7) is 0. The lowest BCUT2D eigenvalue weighted by atomic mass is 9.98. The van der Waals surface area contributed by atoms with Gasteiger partial charge in [-0.1, -0.05) is 41.9 Å². The van der Waals surface area contributed by atoms with Crippen molar-refractivity contribution < 1.29 is 13.6 Å². The summed E-state index contributed by atoms with van der Waals surface area (Å²) in [5.41, 5.74) is 3.24. The molecule has 7 heteroatoms. The zero-order valence-electron chi connectivity index (χ0n) is 16.3. The van der Waals surface area contributed by atoms with Crippen LogP contribution in [-0.2, 0) is 17.6 Å². The molecule has 0 saturated heterocycles. The number of nitrogens with zero attached hydrogens (tertiary/aromatic N) is 1. The molecule has 0 fully saturated rings. The molecule has 0 radical (unpaired) electrons. The van der Waals surface area contributed by atoms with Gasteiger partial charge in [0.25, 0.3) is 5.91 Å². The molecule has 1 amide bonds. The fourth-order valence-electron chi connectivity index (χ4n) is 4.08. The molecular weight excluding hydrogens is 438 g/mol. The number of pyridine rings is 1. The van der Waals surface area contributed by atoms with Crippen LogP contribution in [0.3, 0.4) is 0 Å². The van der Waals surface area contributed by atoms with Crippen molar-refractivity contribution in [3.05, 3.63) is 81.6 Å². The van der Waals surface area contributed by atoms with Gasteiger partial charge < -0.3 is 5.32 Å². The third-order valence-electron chi connectivity index (χ3n) is 5.53. The average molecular weight is 455 g/mol. The number of carbonyl (C=O) groups excluding carboxylic acids is 1. The van der Waals surface area contributed by atoms with E-state index in [0.717, 1.165) is 52.7 Å². The van der Waals surface area contributed by atoms with E-state index in [2.05, 4.69) is 10.3 Å². The van der Waals surface area contributed by atoms with E-state index in [1.807, 2.05) is 18.2 Å². The number of benzene rings is 2. The highest BCUT2D eigenvalue weighted by molar-refractivity contribution is 7.19. The maximum Gasteiger partial charge on any atom is 0.263 e. The first-order valence-electron chi connectivity index (χ1n) is 9.91. The summed E-state index contributed by atoms with van der Waals surface area (Å²) in [5, 5.41) is 4.21. The number of fused-ring (bicyclic) bond motifs is 3. The van der Waals surface area contributed by atoms with Crippen molar-refractivity contribution in [2.45, 2.75) is 25.4 Å². The number of anilines is 1. The molecular formula is C24H17ClF2N2OS. The quantitative estimate of drug-likeness (QED) is 0.364. The Morgan fingerprint density at radius 1 is 1.13 bits per heavy atom. The van der Waals surface area contributed by atoms with Gasteiger partial charge in [0.2, 0.25) is 6.17 Å². The van der Waals surface area contributed by atoms with E-state index in [4.69, 9.17) is 11.6 Å². The number of amides is 1. The summed E-state index contributed by atoms with van der Waals surface area (Å²) in [7, 11) is 0. The van der Waals surface area contributed by atoms with Gasteiger partial charge in [0.15, 0.2) is 0 Å². The van der Waals surface area contributed by atoms with Crippen molar-refractivity contribution in [3.8, 4) is 11.1 Å². The average Bonchev–Trinajstić information content (AvgIpc) is 3.36. The molecule has 2 heterocycles. The van der Waals surface area contributed by atoms with Crippen LogP contribution in [0.15, 0.2) is 54.7 Å². The normalized spacial score (nSPS) is 13.9. The summed E-state index contributed by atoms with van der Waals surface area (Å²) in [6.07, 6.45) is 2.64. The number of hydrogen-bond acceptors (Lipinski definition) is 3. The van der Waals surface area contributed by atoms with Crippen LogP contribution in [0, 0.1) is 5.82 Å². The zero-order chi connectivity index (χ0) is 21.5.